The Morgan fingerprint density at radius 1 is 1.47 bits per heavy atom. The van der Waals surface area contributed by atoms with Crippen LogP contribution in [0.2, 0.25) is 0 Å². The molecule has 5 heteroatoms. The van der Waals surface area contributed by atoms with E-state index >= 15 is 0 Å². The number of nitrogens with one attached hydrogen (secondary N) is 1. The number of hydrogen-bond acceptors (Lipinski definition) is 3. The number of ether oxygens (including phenoxy) is 1. The number of guanidine groups is 1. The summed E-state index contributed by atoms with van der Waals surface area (Å²) in [4.78, 5) is 6.80. The highest BCUT2D eigenvalue weighted by molar-refractivity contribution is 8.00. The lowest BCUT2D eigenvalue weighted by atomic mass is 10.1. The van der Waals surface area contributed by atoms with Gasteiger partial charge in [-0.3, -0.25) is 4.99 Å². The molecule has 1 atom stereocenters. The molecular weight excluding hydrogens is 258 g/mol. The van der Waals surface area contributed by atoms with E-state index in [4.69, 9.17) is 4.74 Å². The zero-order valence-corrected chi connectivity index (χ0v) is 13.3. The van der Waals surface area contributed by atoms with Crippen molar-refractivity contribution in [1.29, 1.82) is 0 Å². The lowest BCUT2D eigenvalue weighted by Crippen LogP contribution is -2.52. The second-order valence-corrected chi connectivity index (χ2v) is 7.75. The van der Waals surface area contributed by atoms with Gasteiger partial charge in [0.2, 0.25) is 0 Å². The molecule has 0 spiro atoms. The predicted molar refractivity (Wildman–Crippen MR) is 83.1 cm³/mol. The third-order valence-corrected chi connectivity index (χ3v) is 5.00. The van der Waals surface area contributed by atoms with Crippen molar-refractivity contribution < 1.29 is 4.74 Å². The second-order valence-electron chi connectivity index (χ2n) is 5.95. The van der Waals surface area contributed by atoms with Gasteiger partial charge in [0.1, 0.15) is 0 Å². The van der Waals surface area contributed by atoms with Crippen LogP contribution >= 0.6 is 11.8 Å². The smallest absolute Gasteiger partial charge is 0.193 e. The molecule has 19 heavy (non-hydrogen) atoms. The lowest BCUT2D eigenvalue weighted by Gasteiger charge is -2.39. The fourth-order valence-corrected chi connectivity index (χ4v) is 3.81. The van der Waals surface area contributed by atoms with E-state index in [1.165, 1.54) is 25.0 Å². The summed E-state index contributed by atoms with van der Waals surface area (Å²) in [7, 11) is 1.87. The molecule has 2 rings (SSSR count). The van der Waals surface area contributed by atoms with Crippen LogP contribution in [0.25, 0.3) is 0 Å². The molecule has 2 heterocycles. The highest BCUT2D eigenvalue weighted by atomic mass is 32.2. The number of nitrogens with zero attached hydrogens (tertiary/aromatic N) is 2. The predicted octanol–water partition coefficient (Wildman–Crippen LogP) is 1.96. The summed E-state index contributed by atoms with van der Waals surface area (Å²) in [5.41, 5.74) is 0. The summed E-state index contributed by atoms with van der Waals surface area (Å²) in [6.45, 7) is 8.56. The molecule has 2 fully saturated rings. The van der Waals surface area contributed by atoms with Crippen LogP contribution in [0, 0.1) is 0 Å². The Morgan fingerprint density at radius 2 is 2.32 bits per heavy atom. The van der Waals surface area contributed by atoms with E-state index in [2.05, 4.69) is 29.1 Å². The molecule has 2 saturated heterocycles. The highest BCUT2D eigenvalue weighted by Gasteiger charge is 2.28. The Balaban J connectivity index is 1.82. The van der Waals surface area contributed by atoms with Crippen molar-refractivity contribution in [3.05, 3.63) is 0 Å². The molecule has 0 saturated carbocycles. The summed E-state index contributed by atoms with van der Waals surface area (Å²) >= 11 is 2.05. The maximum atomic E-state index is 5.76. The molecule has 4 nitrogen and oxygen atoms in total. The first-order valence-corrected chi connectivity index (χ1v) is 8.30. The molecule has 0 aromatic carbocycles. The Labute approximate surface area is 121 Å². The van der Waals surface area contributed by atoms with Crippen molar-refractivity contribution in [2.75, 3.05) is 39.0 Å². The molecule has 0 aliphatic carbocycles. The van der Waals surface area contributed by atoms with Gasteiger partial charge in [0, 0.05) is 43.8 Å². The quantitative estimate of drug-likeness (QED) is 0.621. The van der Waals surface area contributed by atoms with E-state index in [1.54, 1.807) is 0 Å². The zero-order chi connectivity index (χ0) is 13.7. The highest BCUT2D eigenvalue weighted by Crippen LogP contribution is 2.29. The van der Waals surface area contributed by atoms with Gasteiger partial charge in [-0.05, 0) is 33.1 Å². The molecule has 1 unspecified atom stereocenters. The van der Waals surface area contributed by atoms with Gasteiger partial charge in [0.25, 0.3) is 0 Å². The van der Waals surface area contributed by atoms with Crippen LogP contribution in [0.1, 0.15) is 33.1 Å². The largest absolute Gasteiger partial charge is 0.376 e. The van der Waals surface area contributed by atoms with Crippen molar-refractivity contribution in [1.82, 2.24) is 10.2 Å². The van der Waals surface area contributed by atoms with Crippen molar-refractivity contribution in [2.24, 2.45) is 4.99 Å². The van der Waals surface area contributed by atoms with Crippen LogP contribution in [0.15, 0.2) is 4.99 Å². The molecule has 110 valence electrons. The second kappa shape index (κ2) is 6.84. The normalized spacial score (nSPS) is 28.3. The number of thioether (sulfide) groups is 1. The summed E-state index contributed by atoms with van der Waals surface area (Å²) < 4.78 is 6.08. The van der Waals surface area contributed by atoms with Crippen LogP contribution in [-0.2, 0) is 4.74 Å². The standard InChI is InChI=1S/C14H27N3OS/c1-14(2)11-17(7-9-19-14)13(15-3)16-10-12-6-4-5-8-18-12/h12H,4-11H2,1-3H3,(H,15,16). The Bertz CT molecular complexity index is 314. The van der Waals surface area contributed by atoms with Gasteiger partial charge in [0.15, 0.2) is 5.96 Å². The molecule has 0 aromatic rings. The van der Waals surface area contributed by atoms with Gasteiger partial charge in [-0.15, -0.1) is 0 Å². The van der Waals surface area contributed by atoms with Crippen molar-refractivity contribution in [2.45, 2.75) is 44.0 Å². The first-order valence-electron chi connectivity index (χ1n) is 7.32. The van der Waals surface area contributed by atoms with Gasteiger partial charge in [-0.25, -0.2) is 0 Å². The maximum absolute atomic E-state index is 5.76. The third-order valence-electron chi connectivity index (χ3n) is 3.70. The molecule has 2 aliphatic heterocycles. The van der Waals surface area contributed by atoms with E-state index in [0.717, 1.165) is 32.2 Å². The fraction of sp³-hybridized carbons (Fsp3) is 0.929. The van der Waals surface area contributed by atoms with E-state index in [9.17, 15) is 0 Å². The van der Waals surface area contributed by atoms with Gasteiger partial charge in [-0.2, -0.15) is 11.8 Å². The fourth-order valence-electron chi connectivity index (χ4n) is 2.70. The van der Waals surface area contributed by atoms with Crippen LogP contribution < -0.4 is 5.32 Å². The van der Waals surface area contributed by atoms with Crippen molar-refractivity contribution in [3.8, 4) is 0 Å². The minimum absolute atomic E-state index is 0.317. The van der Waals surface area contributed by atoms with Gasteiger partial charge < -0.3 is 15.0 Å². The third kappa shape index (κ3) is 4.56. The minimum Gasteiger partial charge on any atom is -0.376 e. The molecule has 0 amide bonds. The van der Waals surface area contributed by atoms with Crippen LogP contribution in [-0.4, -0.2) is 60.8 Å². The minimum atomic E-state index is 0.317. The summed E-state index contributed by atoms with van der Waals surface area (Å²) in [5.74, 6) is 2.20. The van der Waals surface area contributed by atoms with Crippen LogP contribution in [0.5, 0.6) is 0 Å². The Kier molecular flexibility index (Phi) is 5.39. The van der Waals surface area contributed by atoms with Gasteiger partial charge in [0.05, 0.1) is 6.10 Å². The average Bonchev–Trinajstić information content (AvgIpc) is 2.39. The first-order chi connectivity index (χ1) is 9.11. The first kappa shape index (κ1) is 15.0. The number of hydrogen-bond donors (Lipinski definition) is 1. The molecular formula is C14H27N3OS. The summed E-state index contributed by atoms with van der Waals surface area (Å²) in [5, 5.41) is 3.49. The molecule has 2 aliphatic rings. The molecule has 0 bridgehead atoms. The molecule has 1 N–H and O–H groups in total. The lowest BCUT2D eigenvalue weighted by molar-refractivity contribution is 0.0191. The summed E-state index contributed by atoms with van der Waals surface area (Å²) in [6.07, 6.45) is 4.03. The molecule has 0 radical (unpaired) electrons. The van der Waals surface area contributed by atoms with Crippen molar-refractivity contribution >= 4 is 17.7 Å². The topological polar surface area (TPSA) is 36.9 Å². The number of rotatable bonds is 2. The Hall–Kier alpha value is -0.420. The van der Waals surface area contributed by atoms with E-state index in [0.29, 0.717) is 10.9 Å². The molecule has 0 aromatic heterocycles. The Morgan fingerprint density at radius 3 is 2.95 bits per heavy atom. The van der Waals surface area contributed by atoms with Gasteiger partial charge in [-0.1, -0.05) is 0 Å². The van der Waals surface area contributed by atoms with E-state index in [-0.39, 0.29) is 0 Å². The monoisotopic (exact) mass is 285 g/mol. The SMILES string of the molecule is CN=C(NCC1CCCCO1)N1CCSC(C)(C)C1. The zero-order valence-electron chi connectivity index (χ0n) is 12.4. The van der Waals surface area contributed by atoms with Crippen LogP contribution in [0.4, 0.5) is 0 Å². The van der Waals surface area contributed by atoms with Crippen LogP contribution in [0.3, 0.4) is 0 Å². The number of aliphatic imine (C=N–C) groups is 1. The van der Waals surface area contributed by atoms with E-state index < -0.39 is 0 Å². The van der Waals surface area contributed by atoms with Gasteiger partial charge >= 0.3 is 0 Å². The maximum Gasteiger partial charge on any atom is 0.193 e. The average molecular weight is 285 g/mol. The van der Waals surface area contributed by atoms with Crippen molar-refractivity contribution in [3.63, 3.8) is 0 Å². The van der Waals surface area contributed by atoms with E-state index in [1.807, 2.05) is 18.8 Å². The summed E-state index contributed by atoms with van der Waals surface area (Å²) in [6, 6.07) is 0.